The number of ether oxygens (including phenoxy) is 1. The zero-order valence-corrected chi connectivity index (χ0v) is 23.8. The molecule has 1 aliphatic carbocycles. The number of carbonyl (C=O) groups excluding carboxylic acids is 3. The van der Waals surface area contributed by atoms with Crippen molar-refractivity contribution in [2.75, 3.05) is 26.7 Å². The number of methoxy groups -OCH3 is 1. The normalized spacial score (nSPS) is 21.9. The number of hydrogen-bond donors (Lipinski definition) is 1. The Bertz CT molecular complexity index is 1160. The molecule has 2 aromatic carbocycles. The predicted molar refractivity (Wildman–Crippen MR) is 154 cm³/mol. The molecule has 40 heavy (non-hydrogen) atoms. The van der Waals surface area contributed by atoms with Crippen LogP contribution in [0.25, 0.3) is 0 Å². The number of benzene rings is 2. The number of carbonyl (C=O) groups is 3. The Morgan fingerprint density at radius 3 is 2.25 bits per heavy atom. The van der Waals surface area contributed by atoms with E-state index in [1.807, 2.05) is 18.2 Å². The molecule has 2 aromatic rings. The summed E-state index contributed by atoms with van der Waals surface area (Å²) in [6, 6.07) is 18.4. The van der Waals surface area contributed by atoms with E-state index in [-0.39, 0.29) is 24.0 Å². The van der Waals surface area contributed by atoms with Crippen LogP contribution in [0.1, 0.15) is 79.4 Å². The van der Waals surface area contributed by atoms with Gasteiger partial charge in [0.1, 0.15) is 6.04 Å². The first-order chi connectivity index (χ1) is 19.4. The molecule has 2 aliphatic heterocycles. The highest BCUT2D eigenvalue weighted by atomic mass is 16.5. The number of urea groups is 1. The molecule has 2 atom stereocenters. The maximum Gasteiger partial charge on any atom is 0.328 e. The number of nitrogens with zero attached hydrogens (tertiary/aromatic N) is 3. The molecule has 3 amide bonds. The molecule has 1 saturated carbocycles. The molecule has 1 N–H and O–H groups in total. The fourth-order valence-electron chi connectivity index (χ4n) is 6.57. The minimum absolute atomic E-state index is 0.118. The van der Waals surface area contributed by atoms with Gasteiger partial charge in [-0.05, 0) is 55.9 Å². The van der Waals surface area contributed by atoms with Gasteiger partial charge < -0.3 is 19.9 Å². The van der Waals surface area contributed by atoms with Crippen molar-refractivity contribution in [3.63, 3.8) is 0 Å². The van der Waals surface area contributed by atoms with Crippen LogP contribution in [0.5, 0.6) is 0 Å². The average Bonchev–Trinajstić information content (AvgIpc) is 3.35. The third kappa shape index (κ3) is 6.33. The van der Waals surface area contributed by atoms with Crippen LogP contribution < -0.4 is 5.32 Å². The highest BCUT2D eigenvalue weighted by Crippen LogP contribution is 2.38. The molecule has 0 spiro atoms. The second kappa shape index (κ2) is 12.9. The largest absolute Gasteiger partial charge is 0.467 e. The van der Waals surface area contributed by atoms with Crippen LogP contribution in [0.2, 0.25) is 0 Å². The zero-order valence-electron chi connectivity index (χ0n) is 23.8. The first-order valence-electron chi connectivity index (χ1n) is 14.8. The van der Waals surface area contributed by atoms with Gasteiger partial charge in [0.2, 0.25) is 0 Å². The number of nitrogens with one attached hydrogen (secondary N) is 1. The van der Waals surface area contributed by atoms with Crippen LogP contribution >= 0.6 is 0 Å². The second-order valence-electron chi connectivity index (χ2n) is 11.5. The number of rotatable bonds is 8. The lowest BCUT2D eigenvalue weighted by Gasteiger charge is -2.39. The topological polar surface area (TPSA) is 82.2 Å². The van der Waals surface area contributed by atoms with Crippen molar-refractivity contribution in [3.8, 4) is 0 Å². The van der Waals surface area contributed by atoms with Crippen molar-refractivity contribution in [2.24, 2.45) is 0 Å². The quantitative estimate of drug-likeness (QED) is 0.483. The van der Waals surface area contributed by atoms with E-state index in [1.54, 1.807) is 19.1 Å². The van der Waals surface area contributed by atoms with Crippen LogP contribution in [0.3, 0.4) is 0 Å². The van der Waals surface area contributed by atoms with E-state index in [0.717, 1.165) is 57.4 Å². The molecule has 0 aromatic heterocycles. The van der Waals surface area contributed by atoms with E-state index in [4.69, 9.17) is 0 Å². The van der Waals surface area contributed by atoms with E-state index in [2.05, 4.69) is 49.0 Å². The van der Waals surface area contributed by atoms with Gasteiger partial charge in [-0.3, -0.25) is 9.69 Å². The number of piperidine rings is 1. The van der Waals surface area contributed by atoms with Crippen LogP contribution in [-0.4, -0.2) is 77.5 Å². The molecule has 214 valence electrons. The van der Waals surface area contributed by atoms with Gasteiger partial charge in [-0.1, -0.05) is 61.7 Å². The summed E-state index contributed by atoms with van der Waals surface area (Å²) in [5.74, 6) is -0.767. The van der Waals surface area contributed by atoms with Crippen molar-refractivity contribution in [2.45, 2.75) is 82.6 Å². The monoisotopic (exact) mass is 546 g/mol. The first-order valence-corrected chi connectivity index (χ1v) is 14.8. The van der Waals surface area contributed by atoms with Crippen molar-refractivity contribution in [3.05, 3.63) is 71.3 Å². The second-order valence-corrected chi connectivity index (χ2v) is 11.5. The standard InChI is InChI=1S/C32H42N4O4/c1-23(31(38)40-2)33-30(37)26-15-13-24(14-16-26)21-34-19-17-28(18-20-34)36-29(25-9-5-3-6-10-25)22-35(32(36)39)27-11-7-4-8-12-27/h3,5-6,9-10,13-16,23,27-29H,4,7-8,11-12,17-22H2,1-2H3,(H,33,37). The van der Waals surface area contributed by atoms with Crippen molar-refractivity contribution in [1.29, 1.82) is 0 Å². The van der Waals surface area contributed by atoms with Gasteiger partial charge in [0.05, 0.1) is 13.2 Å². The molecular formula is C32H42N4O4. The Kier molecular flexibility index (Phi) is 9.04. The van der Waals surface area contributed by atoms with Crippen LogP contribution in [0.15, 0.2) is 54.6 Å². The Balaban J connectivity index is 1.19. The molecular weight excluding hydrogens is 504 g/mol. The van der Waals surface area contributed by atoms with Gasteiger partial charge in [0, 0.05) is 43.8 Å². The first kappa shape index (κ1) is 28.1. The van der Waals surface area contributed by atoms with Gasteiger partial charge in [-0.25, -0.2) is 9.59 Å². The maximum absolute atomic E-state index is 13.8. The van der Waals surface area contributed by atoms with Crippen molar-refractivity contribution >= 4 is 17.9 Å². The molecule has 0 radical (unpaired) electrons. The summed E-state index contributed by atoms with van der Waals surface area (Å²) < 4.78 is 4.68. The molecule has 0 bridgehead atoms. The summed E-state index contributed by atoms with van der Waals surface area (Å²) in [6.45, 7) is 5.06. The summed E-state index contributed by atoms with van der Waals surface area (Å²) in [5, 5.41) is 2.66. The van der Waals surface area contributed by atoms with E-state index in [9.17, 15) is 14.4 Å². The molecule has 3 fully saturated rings. The van der Waals surface area contributed by atoms with Crippen LogP contribution in [-0.2, 0) is 16.1 Å². The smallest absolute Gasteiger partial charge is 0.328 e. The Morgan fingerprint density at radius 2 is 1.60 bits per heavy atom. The van der Waals surface area contributed by atoms with Gasteiger partial charge >= 0.3 is 12.0 Å². The summed E-state index contributed by atoms with van der Waals surface area (Å²) in [6.07, 6.45) is 7.91. The van der Waals surface area contributed by atoms with Gasteiger partial charge in [0.15, 0.2) is 0 Å². The lowest BCUT2D eigenvalue weighted by Crippen LogP contribution is -2.48. The summed E-state index contributed by atoms with van der Waals surface area (Å²) in [5.41, 5.74) is 2.89. The minimum atomic E-state index is -0.697. The van der Waals surface area contributed by atoms with E-state index >= 15 is 0 Å². The Hall–Kier alpha value is -3.39. The van der Waals surface area contributed by atoms with E-state index in [1.165, 1.54) is 31.9 Å². The average molecular weight is 547 g/mol. The van der Waals surface area contributed by atoms with Gasteiger partial charge in [0.25, 0.3) is 5.91 Å². The lowest BCUT2D eigenvalue weighted by atomic mass is 9.94. The van der Waals surface area contributed by atoms with E-state index in [0.29, 0.717) is 11.6 Å². The molecule has 5 rings (SSSR count). The molecule has 3 aliphatic rings. The summed E-state index contributed by atoms with van der Waals surface area (Å²) in [4.78, 5) is 44.7. The van der Waals surface area contributed by atoms with Crippen LogP contribution in [0.4, 0.5) is 4.79 Å². The predicted octanol–water partition coefficient (Wildman–Crippen LogP) is 4.75. The minimum Gasteiger partial charge on any atom is -0.467 e. The highest BCUT2D eigenvalue weighted by Gasteiger charge is 2.45. The van der Waals surface area contributed by atoms with Crippen molar-refractivity contribution < 1.29 is 19.1 Å². The maximum atomic E-state index is 13.8. The molecule has 2 heterocycles. The van der Waals surface area contributed by atoms with Gasteiger partial charge in [-0.2, -0.15) is 0 Å². The van der Waals surface area contributed by atoms with Gasteiger partial charge in [-0.15, -0.1) is 0 Å². The summed E-state index contributed by atoms with van der Waals surface area (Å²) >= 11 is 0. The Morgan fingerprint density at radius 1 is 0.925 bits per heavy atom. The number of hydrogen-bond acceptors (Lipinski definition) is 5. The molecule has 2 saturated heterocycles. The summed E-state index contributed by atoms with van der Waals surface area (Å²) in [7, 11) is 1.30. The SMILES string of the molecule is COC(=O)C(C)NC(=O)c1ccc(CN2CCC(N3C(=O)N(C4CCCCC4)CC3c3ccccc3)CC2)cc1. The molecule has 8 nitrogen and oxygen atoms in total. The third-order valence-corrected chi connectivity index (χ3v) is 8.85. The fourth-order valence-corrected chi connectivity index (χ4v) is 6.57. The number of esters is 1. The van der Waals surface area contributed by atoms with E-state index < -0.39 is 12.0 Å². The lowest BCUT2D eigenvalue weighted by molar-refractivity contribution is -0.142. The van der Waals surface area contributed by atoms with Crippen LogP contribution in [0, 0.1) is 0 Å². The molecule has 2 unspecified atom stereocenters. The van der Waals surface area contributed by atoms with Crippen molar-refractivity contribution in [1.82, 2.24) is 20.0 Å². The third-order valence-electron chi connectivity index (χ3n) is 8.85. The molecule has 8 heteroatoms. The Labute approximate surface area is 237 Å². The highest BCUT2D eigenvalue weighted by molar-refractivity contribution is 5.96. The zero-order chi connectivity index (χ0) is 28.1. The number of amides is 3. The fraction of sp³-hybridized carbons (Fsp3) is 0.531. The number of likely N-dealkylation sites (tertiary alicyclic amines) is 1.